The summed E-state index contributed by atoms with van der Waals surface area (Å²) in [4.78, 5) is 0.216. The first-order valence-electron chi connectivity index (χ1n) is 6.57. The topological polar surface area (TPSA) is 64.0 Å². The SMILES string of the molecule is Cn1cc(S(=O)(=O)NCC2CCCCC2CCl)cn1. The highest BCUT2D eigenvalue weighted by Crippen LogP contribution is 2.30. The Kier molecular flexibility index (Phi) is 4.86. The summed E-state index contributed by atoms with van der Waals surface area (Å²) in [5.74, 6) is 1.38. The number of hydrogen-bond donors (Lipinski definition) is 1. The van der Waals surface area contributed by atoms with Crippen LogP contribution in [0.5, 0.6) is 0 Å². The zero-order valence-electron chi connectivity index (χ0n) is 11.0. The number of hydrogen-bond acceptors (Lipinski definition) is 3. The lowest BCUT2D eigenvalue weighted by Crippen LogP contribution is -2.34. The second-order valence-electron chi connectivity index (χ2n) is 5.16. The van der Waals surface area contributed by atoms with Gasteiger partial charge in [0.2, 0.25) is 10.0 Å². The molecule has 0 amide bonds. The van der Waals surface area contributed by atoms with Crippen molar-refractivity contribution in [3.8, 4) is 0 Å². The second kappa shape index (κ2) is 6.24. The molecule has 1 saturated carbocycles. The van der Waals surface area contributed by atoms with Crippen LogP contribution < -0.4 is 4.72 Å². The molecule has 0 radical (unpaired) electrons. The van der Waals surface area contributed by atoms with Gasteiger partial charge in [-0.25, -0.2) is 13.1 Å². The zero-order valence-corrected chi connectivity index (χ0v) is 12.6. The van der Waals surface area contributed by atoms with Gasteiger partial charge in [0.05, 0.1) is 6.20 Å². The van der Waals surface area contributed by atoms with Crippen molar-refractivity contribution in [1.82, 2.24) is 14.5 Å². The molecule has 1 heterocycles. The van der Waals surface area contributed by atoms with Crippen LogP contribution in [0.25, 0.3) is 0 Å². The summed E-state index contributed by atoms with van der Waals surface area (Å²) in [6.07, 6.45) is 7.37. The molecule has 7 heteroatoms. The lowest BCUT2D eigenvalue weighted by molar-refractivity contribution is 0.260. The van der Waals surface area contributed by atoms with Crippen LogP contribution in [0.2, 0.25) is 0 Å². The maximum absolute atomic E-state index is 12.1. The molecule has 0 saturated heterocycles. The number of nitrogens with zero attached hydrogens (tertiary/aromatic N) is 2. The Morgan fingerprint density at radius 2 is 2.11 bits per heavy atom. The van der Waals surface area contributed by atoms with Gasteiger partial charge in [0.15, 0.2) is 0 Å². The molecular weight excluding hydrogens is 286 g/mol. The summed E-state index contributed by atoms with van der Waals surface area (Å²) in [7, 11) is -1.75. The molecule has 0 spiro atoms. The predicted molar refractivity (Wildman–Crippen MR) is 74.6 cm³/mol. The predicted octanol–water partition coefficient (Wildman–Crippen LogP) is 1.74. The van der Waals surface area contributed by atoms with E-state index in [1.165, 1.54) is 23.5 Å². The Morgan fingerprint density at radius 1 is 1.42 bits per heavy atom. The van der Waals surface area contributed by atoms with E-state index in [2.05, 4.69) is 9.82 Å². The van der Waals surface area contributed by atoms with Crippen molar-refractivity contribution in [3.63, 3.8) is 0 Å². The van der Waals surface area contributed by atoms with Crippen LogP contribution in [0, 0.1) is 11.8 Å². The smallest absolute Gasteiger partial charge is 0.243 e. The van der Waals surface area contributed by atoms with Gasteiger partial charge in [-0.05, 0) is 24.7 Å². The van der Waals surface area contributed by atoms with Crippen LogP contribution in [-0.4, -0.2) is 30.6 Å². The molecule has 1 aromatic heterocycles. The Hall–Kier alpha value is -0.590. The summed E-state index contributed by atoms with van der Waals surface area (Å²) >= 11 is 5.95. The van der Waals surface area contributed by atoms with Gasteiger partial charge in [0.1, 0.15) is 4.90 Å². The average molecular weight is 306 g/mol. The molecule has 1 aliphatic rings. The van der Waals surface area contributed by atoms with Crippen LogP contribution in [-0.2, 0) is 17.1 Å². The third-order valence-corrected chi connectivity index (χ3v) is 5.57. The van der Waals surface area contributed by atoms with Crippen molar-refractivity contribution in [2.24, 2.45) is 18.9 Å². The van der Waals surface area contributed by atoms with E-state index in [0.29, 0.717) is 24.3 Å². The minimum atomic E-state index is -3.45. The third kappa shape index (κ3) is 3.70. The first-order valence-corrected chi connectivity index (χ1v) is 8.59. The fourth-order valence-corrected chi connectivity index (χ4v) is 4.08. The van der Waals surface area contributed by atoms with E-state index in [4.69, 9.17) is 11.6 Å². The lowest BCUT2D eigenvalue weighted by atomic mass is 9.80. The fourth-order valence-electron chi connectivity index (χ4n) is 2.59. The normalized spacial score (nSPS) is 24.5. The quantitative estimate of drug-likeness (QED) is 0.843. The van der Waals surface area contributed by atoms with E-state index in [1.807, 2.05) is 0 Å². The molecule has 19 heavy (non-hydrogen) atoms. The minimum Gasteiger partial charge on any atom is -0.274 e. The molecule has 108 valence electrons. The van der Waals surface area contributed by atoms with Crippen molar-refractivity contribution in [2.75, 3.05) is 12.4 Å². The molecule has 0 bridgehead atoms. The molecular formula is C12H20ClN3O2S. The fraction of sp³-hybridized carbons (Fsp3) is 0.750. The van der Waals surface area contributed by atoms with Crippen LogP contribution >= 0.6 is 11.6 Å². The summed E-state index contributed by atoms with van der Waals surface area (Å²) in [6.45, 7) is 0.467. The number of rotatable bonds is 5. The molecule has 2 atom stereocenters. The molecule has 2 unspecified atom stereocenters. The van der Waals surface area contributed by atoms with E-state index in [0.717, 1.165) is 19.3 Å². The van der Waals surface area contributed by atoms with E-state index >= 15 is 0 Å². The van der Waals surface area contributed by atoms with E-state index < -0.39 is 10.0 Å². The Balaban J connectivity index is 1.97. The van der Waals surface area contributed by atoms with E-state index in [-0.39, 0.29) is 4.90 Å². The Bertz CT molecular complexity index is 515. The summed E-state index contributed by atoms with van der Waals surface area (Å²) in [6, 6.07) is 0. The highest BCUT2D eigenvalue weighted by molar-refractivity contribution is 7.89. The monoisotopic (exact) mass is 305 g/mol. The minimum absolute atomic E-state index is 0.216. The molecule has 2 rings (SSSR count). The average Bonchev–Trinajstić information content (AvgIpc) is 2.84. The third-order valence-electron chi connectivity index (χ3n) is 3.79. The zero-order chi connectivity index (χ0) is 13.9. The van der Waals surface area contributed by atoms with Crippen molar-refractivity contribution >= 4 is 21.6 Å². The molecule has 1 aromatic rings. The number of aryl methyl sites for hydroxylation is 1. The van der Waals surface area contributed by atoms with Gasteiger partial charge in [-0.1, -0.05) is 12.8 Å². The Labute approximate surface area is 119 Å². The summed E-state index contributed by atoms with van der Waals surface area (Å²) in [5, 5.41) is 3.89. The van der Waals surface area contributed by atoms with Gasteiger partial charge in [-0.15, -0.1) is 11.6 Å². The van der Waals surface area contributed by atoms with Crippen molar-refractivity contribution in [3.05, 3.63) is 12.4 Å². The summed E-state index contributed by atoms with van der Waals surface area (Å²) < 4.78 is 28.3. The van der Waals surface area contributed by atoms with Crippen LogP contribution in [0.1, 0.15) is 25.7 Å². The number of alkyl halides is 1. The maximum Gasteiger partial charge on any atom is 0.243 e. The number of sulfonamides is 1. The largest absolute Gasteiger partial charge is 0.274 e. The molecule has 0 aliphatic heterocycles. The van der Waals surface area contributed by atoms with Gasteiger partial charge in [-0.3, -0.25) is 4.68 Å². The maximum atomic E-state index is 12.1. The van der Waals surface area contributed by atoms with Crippen LogP contribution in [0.4, 0.5) is 0 Å². The number of aromatic nitrogens is 2. The molecule has 1 aliphatic carbocycles. The van der Waals surface area contributed by atoms with Crippen LogP contribution in [0.15, 0.2) is 17.3 Å². The first-order chi connectivity index (χ1) is 9.03. The molecule has 5 nitrogen and oxygen atoms in total. The van der Waals surface area contributed by atoms with Crippen molar-refractivity contribution in [2.45, 2.75) is 30.6 Å². The Morgan fingerprint density at radius 3 is 2.68 bits per heavy atom. The molecule has 0 aromatic carbocycles. The van der Waals surface area contributed by atoms with Crippen molar-refractivity contribution in [1.29, 1.82) is 0 Å². The van der Waals surface area contributed by atoms with Gasteiger partial charge in [-0.2, -0.15) is 5.10 Å². The van der Waals surface area contributed by atoms with Crippen molar-refractivity contribution < 1.29 is 8.42 Å². The van der Waals surface area contributed by atoms with Crippen LogP contribution in [0.3, 0.4) is 0 Å². The lowest BCUT2D eigenvalue weighted by Gasteiger charge is -2.30. The van der Waals surface area contributed by atoms with E-state index in [1.54, 1.807) is 7.05 Å². The van der Waals surface area contributed by atoms with Gasteiger partial charge < -0.3 is 0 Å². The van der Waals surface area contributed by atoms with Gasteiger partial charge >= 0.3 is 0 Å². The standard InChI is InChI=1S/C12H20ClN3O2S/c1-16-9-12(8-14-16)19(17,18)15-7-11-5-3-2-4-10(11)6-13/h8-11,15H,2-7H2,1H3. The van der Waals surface area contributed by atoms with Gasteiger partial charge in [0, 0.05) is 25.7 Å². The highest BCUT2D eigenvalue weighted by Gasteiger charge is 2.26. The van der Waals surface area contributed by atoms with Gasteiger partial charge in [0.25, 0.3) is 0 Å². The number of nitrogens with one attached hydrogen (secondary N) is 1. The highest BCUT2D eigenvalue weighted by atomic mass is 35.5. The molecule has 1 fully saturated rings. The summed E-state index contributed by atoms with van der Waals surface area (Å²) in [5.41, 5.74) is 0. The first kappa shape index (κ1) is 14.8. The second-order valence-corrected chi connectivity index (χ2v) is 7.24. The number of halogens is 1. The van der Waals surface area contributed by atoms with E-state index in [9.17, 15) is 8.42 Å². The molecule has 1 N–H and O–H groups in total.